The molecule has 0 saturated heterocycles. The Hall–Kier alpha value is -3.41. The van der Waals surface area contributed by atoms with Crippen molar-refractivity contribution in [1.29, 1.82) is 0 Å². The minimum Gasteiger partial charge on any atom is -0.462 e. The monoisotopic (exact) mass is 891 g/mol. The van der Waals surface area contributed by atoms with Crippen molar-refractivity contribution in [2.45, 2.75) is 252 Å². The highest BCUT2D eigenvalue weighted by Crippen LogP contribution is 2.13. The van der Waals surface area contributed by atoms with Crippen molar-refractivity contribution >= 4 is 17.9 Å². The van der Waals surface area contributed by atoms with Crippen LogP contribution in [0.1, 0.15) is 245 Å². The molecule has 1 unspecified atom stereocenters. The highest BCUT2D eigenvalue weighted by atomic mass is 16.6. The molecule has 64 heavy (non-hydrogen) atoms. The van der Waals surface area contributed by atoms with Gasteiger partial charge in [-0.15, -0.1) is 0 Å². The summed E-state index contributed by atoms with van der Waals surface area (Å²) >= 11 is 0. The van der Waals surface area contributed by atoms with E-state index in [1.165, 1.54) is 89.9 Å². The van der Waals surface area contributed by atoms with Crippen molar-refractivity contribution < 1.29 is 28.6 Å². The molecule has 366 valence electrons. The van der Waals surface area contributed by atoms with Gasteiger partial charge in [0.2, 0.25) is 0 Å². The molecule has 0 fully saturated rings. The van der Waals surface area contributed by atoms with Gasteiger partial charge in [-0.2, -0.15) is 0 Å². The van der Waals surface area contributed by atoms with Crippen molar-refractivity contribution in [3.8, 4) is 0 Å². The summed E-state index contributed by atoms with van der Waals surface area (Å²) in [7, 11) is 0. The first-order valence-corrected chi connectivity index (χ1v) is 26.6. The third-order valence-electron chi connectivity index (χ3n) is 11.1. The van der Waals surface area contributed by atoms with Crippen LogP contribution in [-0.4, -0.2) is 37.2 Å². The maximum Gasteiger partial charge on any atom is 0.306 e. The zero-order valence-corrected chi connectivity index (χ0v) is 41.8. The van der Waals surface area contributed by atoms with E-state index in [0.29, 0.717) is 19.3 Å². The van der Waals surface area contributed by atoms with E-state index in [9.17, 15) is 14.4 Å². The molecule has 0 amide bonds. The van der Waals surface area contributed by atoms with Crippen LogP contribution < -0.4 is 0 Å². The zero-order valence-electron chi connectivity index (χ0n) is 41.8. The molecule has 0 aromatic rings. The van der Waals surface area contributed by atoms with Gasteiger partial charge >= 0.3 is 17.9 Å². The van der Waals surface area contributed by atoms with E-state index >= 15 is 0 Å². The van der Waals surface area contributed by atoms with Crippen LogP contribution in [0.5, 0.6) is 0 Å². The molecular formula is C58H98O6. The van der Waals surface area contributed by atoms with Crippen molar-refractivity contribution in [3.63, 3.8) is 0 Å². The van der Waals surface area contributed by atoms with Crippen molar-refractivity contribution in [3.05, 3.63) is 85.1 Å². The molecule has 0 heterocycles. The largest absolute Gasteiger partial charge is 0.462 e. The summed E-state index contributed by atoms with van der Waals surface area (Å²) in [6, 6.07) is 0. The van der Waals surface area contributed by atoms with Gasteiger partial charge in [-0.3, -0.25) is 14.4 Å². The predicted octanol–water partition coefficient (Wildman–Crippen LogP) is 17.6. The van der Waals surface area contributed by atoms with E-state index in [2.05, 4.69) is 106 Å². The molecule has 0 aliphatic carbocycles. The maximum absolute atomic E-state index is 12.8. The molecule has 0 rings (SSSR count). The molecule has 0 N–H and O–H groups in total. The van der Waals surface area contributed by atoms with E-state index in [1.807, 2.05) is 0 Å². The molecule has 0 saturated carbocycles. The summed E-state index contributed by atoms with van der Waals surface area (Å²) in [5.74, 6) is -0.945. The van der Waals surface area contributed by atoms with E-state index in [4.69, 9.17) is 14.2 Å². The highest BCUT2D eigenvalue weighted by Gasteiger charge is 2.19. The van der Waals surface area contributed by atoms with E-state index < -0.39 is 6.10 Å². The first-order chi connectivity index (χ1) is 31.5. The minimum absolute atomic E-state index is 0.0951. The molecular weight excluding hydrogens is 793 g/mol. The molecule has 0 aromatic heterocycles. The van der Waals surface area contributed by atoms with Gasteiger partial charge < -0.3 is 14.2 Å². The van der Waals surface area contributed by atoms with Crippen LogP contribution in [0.3, 0.4) is 0 Å². The fraction of sp³-hybridized carbons (Fsp3) is 0.707. The Labute approximate surface area is 395 Å². The molecule has 1 atom stereocenters. The number of rotatable bonds is 47. The molecule has 6 nitrogen and oxygen atoms in total. The molecule has 0 spiro atoms. The van der Waals surface area contributed by atoms with Gasteiger partial charge in [0.05, 0.1) is 0 Å². The van der Waals surface area contributed by atoms with Crippen LogP contribution >= 0.6 is 0 Å². The van der Waals surface area contributed by atoms with E-state index in [1.54, 1.807) is 0 Å². The Morgan fingerprint density at radius 1 is 0.328 bits per heavy atom. The van der Waals surface area contributed by atoms with Crippen LogP contribution in [0, 0.1) is 0 Å². The lowest BCUT2D eigenvalue weighted by molar-refractivity contribution is -0.167. The number of ether oxygens (including phenoxy) is 3. The van der Waals surface area contributed by atoms with Gasteiger partial charge in [0.25, 0.3) is 0 Å². The number of allylic oxidation sites excluding steroid dienone is 14. The van der Waals surface area contributed by atoms with Crippen molar-refractivity contribution in [1.82, 2.24) is 0 Å². The normalized spacial score (nSPS) is 12.7. The summed E-state index contributed by atoms with van der Waals surface area (Å²) in [5.41, 5.74) is 0. The minimum atomic E-state index is -0.797. The number of carbonyl (C=O) groups excluding carboxylic acids is 3. The van der Waals surface area contributed by atoms with E-state index in [0.717, 1.165) is 116 Å². The predicted molar refractivity (Wildman–Crippen MR) is 274 cm³/mol. The van der Waals surface area contributed by atoms with Crippen LogP contribution in [0.2, 0.25) is 0 Å². The number of hydrogen-bond acceptors (Lipinski definition) is 6. The van der Waals surface area contributed by atoms with Crippen molar-refractivity contribution in [2.24, 2.45) is 0 Å². The third-order valence-corrected chi connectivity index (χ3v) is 11.1. The second kappa shape index (κ2) is 52.2. The van der Waals surface area contributed by atoms with Crippen molar-refractivity contribution in [2.75, 3.05) is 13.2 Å². The first kappa shape index (κ1) is 60.6. The Morgan fingerprint density at radius 2 is 0.609 bits per heavy atom. The van der Waals surface area contributed by atoms with Gasteiger partial charge in [-0.1, -0.05) is 196 Å². The van der Waals surface area contributed by atoms with Crippen LogP contribution in [0.25, 0.3) is 0 Å². The standard InChI is InChI=1S/C58H98O6/c1-4-7-10-13-16-19-22-25-27-28-29-30-31-34-36-39-42-45-48-51-57(60)63-54-55(53-62-56(59)50-47-44-41-38-35-32-24-21-18-15-12-9-6-3)64-58(61)52-49-46-43-40-37-33-26-23-20-17-14-11-8-5-2/h7,10,16,19,21,23-27,29-30,34,36,55H,4-6,8-9,11-15,17-18,20,22,28,31-33,35,37-54H2,1-3H3/b10-7-,19-16-,24-21-,26-23-,27-25-,30-29-,36-34-. The maximum atomic E-state index is 12.8. The number of unbranched alkanes of at least 4 members (excludes halogenated alkanes) is 22. The quantitative estimate of drug-likeness (QED) is 0.0262. The summed E-state index contributed by atoms with van der Waals surface area (Å²) < 4.78 is 16.8. The molecule has 0 radical (unpaired) electrons. The van der Waals surface area contributed by atoms with Crippen LogP contribution in [0.4, 0.5) is 0 Å². The van der Waals surface area contributed by atoms with Gasteiger partial charge in [-0.05, 0) is 116 Å². The molecule has 0 bridgehead atoms. The van der Waals surface area contributed by atoms with Gasteiger partial charge in [-0.25, -0.2) is 0 Å². The third kappa shape index (κ3) is 49.6. The zero-order chi connectivity index (χ0) is 46.5. The summed E-state index contributed by atoms with van der Waals surface area (Å²) in [5, 5.41) is 0. The van der Waals surface area contributed by atoms with Crippen LogP contribution in [-0.2, 0) is 28.6 Å². The lowest BCUT2D eigenvalue weighted by Crippen LogP contribution is -2.30. The number of carbonyl (C=O) groups is 3. The summed E-state index contributed by atoms with van der Waals surface area (Å²) in [6.45, 7) is 6.45. The van der Waals surface area contributed by atoms with Crippen LogP contribution in [0.15, 0.2) is 85.1 Å². The average molecular weight is 891 g/mol. The molecule has 0 aliphatic heterocycles. The summed E-state index contributed by atoms with van der Waals surface area (Å²) in [4.78, 5) is 38.0. The Morgan fingerprint density at radius 3 is 1.00 bits per heavy atom. The Kier molecular flexibility index (Phi) is 49.4. The lowest BCUT2D eigenvalue weighted by Gasteiger charge is -2.18. The van der Waals surface area contributed by atoms with E-state index in [-0.39, 0.29) is 31.1 Å². The van der Waals surface area contributed by atoms with Gasteiger partial charge in [0.1, 0.15) is 13.2 Å². The second-order valence-electron chi connectivity index (χ2n) is 17.4. The number of hydrogen-bond donors (Lipinski definition) is 0. The van der Waals surface area contributed by atoms with Gasteiger partial charge in [0, 0.05) is 19.3 Å². The fourth-order valence-electron chi connectivity index (χ4n) is 7.10. The lowest BCUT2D eigenvalue weighted by atomic mass is 10.1. The SMILES string of the molecule is CC/C=C\C/C=C\C/C=C\C/C=C\C/C=C\CCCCCC(=O)OCC(COC(=O)CCCCCCC/C=C\CCCCCC)OC(=O)CCCCCCC/C=C\CCCCCCC. The second-order valence-corrected chi connectivity index (χ2v) is 17.4. The molecule has 0 aliphatic rings. The smallest absolute Gasteiger partial charge is 0.306 e. The fourth-order valence-corrected chi connectivity index (χ4v) is 7.10. The van der Waals surface area contributed by atoms with Gasteiger partial charge in [0.15, 0.2) is 6.10 Å². The average Bonchev–Trinajstić information content (AvgIpc) is 3.29. The summed E-state index contributed by atoms with van der Waals surface area (Å²) in [6.07, 6.45) is 67.0. The Balaban J connectivity index is 4.46. The number of esters is 3. The topological polar surface area (TPSA) is 78.9 Å². The molecule has 6 heteroatoms. The first-order valence-electron chi connectivity index (χ1n) is 26.6. The highest BCUT2D eigenvalue weighted by molar-refractivity contribution is 5.71. The molecule has 0 aromatic carbocycles. The Bertz CT molecular complexity index is 1250.